The van der Waals surface area contributed by atoms with Crippen molar-refractivity contribution in [2.75, 3.05) is 13.1 Å². The minimum Gasteiger partial charge on any atom is -0.355 e. The van der Waals surface area contributed by atoms with Gasteiger partial charge in [0.2, 0.25) is 5.91 Å². The zero-order valence-electron chi connectivity index (χ0n) is 11.5. The number of halogens is 1. The predicted molar refractivity (Wildman–Crippen MR) is 80.9 cm³/mol. The monoisotopic (exact) mass is 324 g/mol. The highest BCUT2D eigenvalue weighted by molar-refractivity contribution is 9.10. The van der Waals surface area contributed by atoms with E-state index < -0.39 is 0 Å². The molecule has 3 N–H and O–H groups in total. The zero-order chi connectivity index (χ0) is 14.1. The van der Waals surface area contributed by atoms with Crippen LogP contribution in [0, 0.1) is 5.41 Å². The molecule has 0 saturated heterocycles. The maximum atomic E-state index is 12.1. The molecule has 0 atom stereocenters. The summed E-state index contributed by atoms with van der Waals surface area (Å²) < 4.78 is 1.07. The molecule has 1 aromatic rings. The smallest absolute Gasteiger partial charge is 0.227 e. The minimum atomic E-state index is -0.268. The Labute approximate surface area is 123 Å². The van der Waals surface area contributed by atoms with E-state index in [2.05, 4.69) is 47.2 Å². The van der Waals surface area contributed by atoms with Crippen LogP contribution in [0.2, 0.25) is 0 Å². The molecule has 0 unspecified atom stereocenters. The molecule has 104 valence electrons. The van der Waals surface area contributed by atoms with Gasteiger partial charge in [0.15, 0.2) is 0 Å². The van der Waals surface area contributed by atoms with Gasteiger partial charge in [0.05, 0.1) is 5.41 Å². The Morgan fingerprint density at radius 1 is 1.37 bits per heavy atom. The average molecular weight is 325 g/mol. The molecule has 1 aliphatic carbocycles. The highest BCUT2D eigenvalue weighted by Crippen LogP contribution is 2.44. The van der Waals surface area contributed by atoms with Gasteiger partial charge in [-0.2, -0.15) is 0 Å². The molecule has 0 aliphatic heterocycles. The maximum absolute atomic E-state index is 12.1. The van der Waals surface area contributed by atoms with Crippen molar-refractivity contribution in [1.82, 2.24) is 5.32 Å². The van der Waals surface area contributed by atoms with Crippen LogP contribution >= 0.6 is 15.9 Å². The quantitative estimate of drug-likeness (QED) is 0.874. The van der Waals surface area contributed by atoms with E-state index in [0.29, 0.717) is 13.1 Å². The standard InChI is InChI=1S/C15H21BrN2O/c1-14(2,11-3-5-12(16)6-4-11)10-18-13(19)15(9-17)7-8-15/h3-6H,7-10,17H2,1-2H3,(H,18,19). The van der Waals surface area contributed by atoms with E-state index in [0.717, 1.165) is 17.3 Å². The third-order valence-electron chi connectivity index (χ3n) is 4.04. The number of benzene rings is 1. The highest BCUT2D eigenvalue weighted by Gasteiger charge is 2.48. The Morgan fingerprint density at radius 2 is 1.95 bits per heavy atom. The van der Waals surface area contributed by atoms with Gasteiger partial charge in [-0.3, -0.25) is 4.79 Å². The minimum absolute atomic E-state index is 0.0823. The molecule has 2 rings (SSSR count). The summed E-state index contributed by atoms with van der Waals surface area (Å²) in [7, 11) is 0. The van der Waals surface area contributed by atoms with Crippen molar-refractivity contribution in [3.63, 3.8) is 0 Å². The second-order valence-corrected chi connectivity index (χ2v) is 6.97. The molecule has 1 aromatic carbocycles. The Morgan fingerprint density at radius 3 is 2.42 bits per heavy atom. The van der Waals surface area contributed by atoms with E-state index in [4.69, 9.17) is 5.73 Å². The van der Waals surface area contributed by atoms with E-state index in [-0.39, 0.29) is 16.7 Å². The van der Waals surface area contributed by atoms with E-state index in [1.807, 2.05) is 12.1 Å². The number of nitrogens with one attached hydrogen (secondary N) is 1. The fourth-order valence-corrected chi connectivity index (χ4v) is 2.43. The van der Waals surface area contributed by atoms with Gasteiger partial charge in [0, 0.05) is 23.0 Å². The Kier molecular flexibility index (Phi) is 4.02. The second-order valence-electron chi connectivity index (χ2n) is 6.06. The molecule has 0 heterocycles. The van der Waals surface area contributed by atoms with Crippen LogP contribution in [0.4, 0.5) is 0 Å². The van der Waals surface area contributed by atoms with E-state index in [1.54, 1.807) is 0 Å². The third-order valence-corrected chi connectivity index (χ3v) is 4.57. The number of rotatable bonds is 5. The van der Waals surface area contributed by atoms with Crippen molar-refractivity contribution >= 4 is 21.8 Å². The van der Waals surface area contributed by atoms with Crippen molar-refractivity contribution in [2.24, 2.45) is 11.1 Å². The lowest BCUT2D eigenvalue weighted by Gasteiger charge is -2.27. The number of nitrogens with two attached hydrogens (primary N) is 1. The van der Waals surface area contributed by atoms with Crippen LogP contribution in [-0.4, -0.2) is 19.0 Å². The fourth-order valence-electron chi connectivity index (χ4n) is 2.17. The van der Waals surface area contributed by atoms with Crippen LogP contribution in [0.5, 0.6) is 0 Å². The molecule has 4 heteroatoms. The van der Waals surface area contributed by atoms with Gasteiger partial charge in [-0.15, -0.1) is 0 Å². The third kappa shape index (κ3) is 3.18. The first-order valence-corrected chi connectivity index (χ1v) is 7.43. The van der Waals surface area contributed by atoms with Crippen LogP contribution in [0.3, 0.4) is 0 Å². The van der Waals surface area contributed by atoms with Crippen LogP contribution in [-0.2, 0) is 10.2 Å². The first-order valence-electron chi connectivity index (χ1n) is 6.64. The lowest BCUT2D eigenvalue weighted by molar-refractivity contribution is -0.126. The van der Waals surface area contributed by atoms with E-state index in [1.165, 1.54) is 5.56 Å². The fraction of sp³-hybridized carbons (Fsp3) is 0.533. The topological polar surface area (TPSA) is 55.1 Å². The van der Waals surface area contributed by atoms with Gasteiger partial charge in [-0.1, -0.05) is 41.9 Å². The summed E-state index contributed by atoms with van der Waals surface area (Å²) in [6.45, 7) is 5.36. The first-order chi connectivity index (χ1) is 8.89. The summed E-state index contributed by atoms with van der Waals surface area (Å²) in [4.78, 5) is 12.1. The summed E-state index contributed by atoms with van der Waals surface area (Å²) in [5.41, 5.74) is 6.54. The van der Waals surface area contributed by atoms with Crippen molar-refractivity contribution in [1.29, 1.82) is 0 Å². The molecule has 0 aromatic heterocycles. The van der Waals surface area contributed by atoms with Gasteiger partial charge < -0.3 is 11.1 Å². The van der Waals surface area contributed by atoms with Crippen LogP contribution in [0.15, 0.2) is 28.7 Å². The highest BCUT2D eigenvalue weighted by atomic mass is 79.9. The zero-order valence-corrected chi connectivity index (χ0v) is 13.1. The van der Waals surface area contributed by atoms with Gasteiger partial charge in [0.25, 0.3) is 0 Å². The summed E-state index contributed by atoms with van der Waals surface area (Å²) in [5.74, 6) is 0.111. The normalized spacial score (nSPS) is 17.1. The van der Waals surface area contributed by atoms with Crippen molar-refractivity contribution in [3.8, 4) is 0 Å². The van der Waals surface area contributed by atoms with Gasteiger partial charge in [-0.25, -0.2) is 0 Å². The van der Waals surface area contributed by atoms with Crippen molar-refractivity contribution < 1.29 is 4.79 Å². The first kappa shape index (κ1) is 14.5. The van der Waals surface area contributed by atoms with E-state index >= 15 is 0 Å². The second kappa shape index (κ2) is 5.25. The Hall–Kier alpha value is -0.870. The Bertz CT molecular complexity index is 464. The van der Waals surface area contributed by atoms with Crippen LogP contribution < -0.4 is 11.1 Å². The molecule has 0 radical (unpaired) electrons. The molecular weight excluding hydrogens is 304 g/mol. The number of carbonyl (C=O) groups is 1. The molecule has 0 spiro atoms. The number of carbonyl (C=O) groups excluding carboxylic acids is 1. The summed E-state index contributed by atoms with van der Waals surface area (Å²) in [5, 5.41) is 3.06. The summed E-state index contributed by atoms with van der Waals surface area (Å²) in [6.07, 6.45) is 1.85. The molecular formula is C15H21BrN2O. The molecule has 1 saturated carbocycles. The molecule has 1 fully saturated rings. The molecule has 1 aliphatic rings. The van der Waals surface area contributed by atoms with Gasteiger partial charge in [0.1, 0.15) is 0 Å². The number of hydrogen-bond donors (Lipinski definition) is 2. The molecule has 0 bridgehead atoms. The lowest BCUT2D eigenvalue weighted by atomic mass is 9.84. The number of hydrogen-bond acceptors (Lipinski definition) is 2. The van der Waals surface area contributed by atoms with Gasteiger partial charge in [-0.05, 0) is 30.5 Å². The van der Waals surface area contributed by atoms with Crippen molar-refractivity contribution in [3.05, 3.63) is 34.3 Å². The number of amides is 1. The van der Waals surface area contributed by atoms with Crippen LogP contribution in [0.25, 0.3) is 0 Å². The largest absolute Gasteiger partial charge is 0.355 e. The van der Waals surface area contributed by atoms with E-state index in [9.17, 15) is 4.79 Å². The van der Waals surface area contributed by atoms with Gasteiger partial charge >= 0.3 is 0 Å². The Balaban J connectivity index is 1.98. The molecule has 3 nitrogen and oxygen atoms in total. The predicted octanol–water partition coefficient (Wildman–Crippen LogP) is 2.58. The lowest BCUT2D eigenvalue weighted by Crippen LogP contribution is -2.42. The SMILES string of the molecule is CC(C)(CNC(=O)C1(CN)CC1)c1ccc(Br)cc1. The molecule has 19 heavy (non-hydrogen) atoms. The molecule has 1 amide bonds. The summed E-state index contributed by atoms with van der Waals surface area (Å²) >= 11 is 3.43. The maximum Gasteiger partial charge on any atom is 0.227 e. The average Bonchev–Trinajstić information content (AvgIpc) is 3.17. The van der Waals surface area contributed by atoms with Crippen LogP contribution in [0.1, 0.15) is 32.3 Å². The summed E-state index contributed by atoms with van der Waals surface area (Å²) in [6, 6.07) is 8.24. The van der Waals surface area contributed by atoms with Crippen molar-refractivity contribution in [2.45, 2.75) is 32.1 Å².